The van der Waals surface area contributed by atoms with Crippen LogP contribution in [-0.4, -0.2) is 30.7 Å². The molecule has 1 nitrogen and oxygen atoms in total. The van der Waals surface area contributed by atoms with Crippen molar-refractivity contribution in [2.75, 3.05) is 26.2 Å². The predicted octanol–water partition coefficient (Wildman–Crippen LogP) is 3.36. The van der Waals surface area contributed by atoms with Gasteiger partial charge in [-0.05, 0) is 50.4 Å². The lowest BCUT2D eigenvalue weighted by atomic mass is 9.62. The van der Waals surface area contributed by atoms with Crippen LogP contribution in [0.25, 0.3) is 0 Å². The highest BCUT2D eigenvalue weighted by molar-refractivity contribution is 5.28. The fraction of sp³-hybridized carbons (Fsp3) is 0.882. The second kappa shape index (κ2) is 3.06. The molecule has 2 bridgehead atoms. The van der Waals surface area contributed by atoms with Gasteiger partial charge in [0.05, 0.1) is 26.2 Å². The van der Waals surface area contributed by atoms with E-state index in [1.54, 1.807) is 25.9 Å². The maximum atomic E-state index is 2.63. The zero-order chi connectivity index (χ0) is 11.8. The molecule has 2 saturated carbocycles. The molecule has 4 atom stereocenters. The molecule has 5 aliphatic rings. The highest BCUT2D eigenvalue weighted by atomic mass is 15.4. The molecule has 1 spiro atoms. The second-order valence-electron chi connectivity index (χ2n) is 8.17. The quantitative estimate of drug-likeness (QED) is 0.453. The lowest BCUT2D eigenvalue weighted by molar-refractivity contribution is -0.927. The highest BCUT2D eigenvalue weighted by Crippen LogP contribution is 2.75. The summed E-state index contributed by atoms with van der Waals surface area (Å²) in [5.41, 5.74) is 1.54. The molecule has 0 aromatic heterocycles. The predicted molar refractivity (Wildman–Crippen MR) is 73.0 cm³/mol. The molecule has 18 heavy (non-hydrogen) atoms. The Labute approximate surface area is 111 Å². The van der Waals surface area contributed by atoms with Crippen LogP contribution in [0.3, 0.4) is 0 Å². The summed E-state index contributed by atoms with van der Waals surface area (Å²) in [5, 5.41) is 0. The van der Waals surface area contributed by atoms with E-state index in [2.05, 4.69) is 12.2 Å². The van der Waals surface area contributed by atoms with E-state index in [4.69, 9.17) is 0 Å². The van der Waals surface area contributed by atoms with Crippen molar-refractivity contribution in [3.8, 4) is 0 Å². The number of fused-ring (bicyclic) bond motifs is 2. The van der Waals surface area contributed by atoms with Gasteiger partial charge in [0.2, 0.25) is 0 Å². The average molecular weight is 244 g/mol. The maximum Gasteiger partial charge on any atom is 0.0857 e. The van der Waals surface area contributed by atoms with E-state index in [1.807, 2.05) is 0 Å². The van der Waals surface area contributed by atoms with E-state index >= 15 is 0 Å². The zero-order valence-corrected chi connectivity index (χ0v) is 11.5. The van der Waals surface area contributed by atoms with Gasteiger partial charge in [-0.3, -0.25) is 0 Å². The summed E-state index contributed by atoms with van der Waals surface area (Å²) >= 11 is 0. The highest BCUT2D eigenvalue weighted by Gasteiger charge is 2.75. The third kappa shape index (κ3) is 0.952. The lowest BCUT2D eigenvalue weighted by Crippen LogP contribution is -2.52. The van der Waals surface area contributed by atoms with Gasteiger partial charge in [0.25, 0.3) is 0 Å². The maximum absolute atomic E-state index is 2.63. The van der Waals surface area contributed by atoms with Crippen molar-refractivity contribution in [3.05, 3.63) is 12.2 Å². The van der Waals surface area contributed by atoms with Gasteiger partial charge >= 0.3 is 0 Å². The Morgan fingerprint density at radius 2 is 1.39 bits per heavy atom. The Morgan fingerprint density at radius 1 is 0.778 bits per heavy atom. The van der Waals surface area contributed by atoms with Crippen molar-refractivity contribution in [1.29, 1.82) is 0 Å². The Balaban J connectivity index is 1.61. The Morgan fingerprint density at radius 3 is 2.00 bits per heavy atom. The van der Waals surface area contributed by atoms with Gasteiger partial charge in [0.1, 0.15) is 0 Å². The van der Waals surface area contributed by atoms with E-state index in [0.29, 0.717) is 0 Å². The molecular weight excluding hydrogens is 218 g/mol. The topological polar surface area (TPSA) is 0 Å². The number of nitrogens with zero attached hydrogens (tertiary/aromatic N) is 1. The number of hydrogen-bond donors (Lipinski definition) is 0. The molecule has 0 radical (unpaired) electrons. The molecule has 4 fully saturated rings. The van der Waals surface area contributed by atoms with Gasteiger partial charge in [-0.2, -0.15) is 0 Å². The molecule has 2 heterocycles. The minimum atomic E-state index is 0.768. The third-order valence-corrected chi connectivity index (χ3v) is 7.74. The fourth-order valence-corrected chi connectivity index (χ4v) is 7.30. The zero-order valence-electron chi connectivity index (χ0n) is 11.5. The summed E-state index contributed by atoms with van der Waals surface area (Å²) in [7, 11) is 0. The average Bonchev–Trinajstić information content (AvgIpc) is 3.03. The van der Waals surface area contributed by atoms with Gasteiger partial charge in [-0.15, -0.1) is 0 Å². The van der Waals surface area contributed by atoms with E-state index in [1.165, 1.54) is 49.7 Å². The summed E-state index contributed by atoms with van der Waals surface area (Å²) in [6.45, 7) is 6.17. The van der Waals surface area contributed by atoms with Crippen LogP contribution in [-0.2, 0) is 0 Å². The van der Waals surface area contributed by atoms with Gasteiger partial charge in [0.15, 0.2) is 0 Å². The van der Waals surface area contributed by atoms with Crippen molar-refractivity contribution in [1.82, 2.24) is 0 Å². The smallest absolute Gasteiger partial charge is 0.0857 e. The Kier molecular flexibility index (Phi) is 1.78. The fourth-order valence-electron chi connectivity index (χ4n) is 7.30. The molecule has 5 rings (SSSR count). The summed E-state index contributed by atoms with van der Waals surface area (Å²) < 4.78 is 1.54. The van der Waals surface area contributed by atoms with Crippen LogP contribution in [0.15, 0.2) is 12.2 Å². The Bertz CT molecular complexity index is 389. The molecule has 2 aliphatic heterocycles. The molecule has 0 aromatic carbocycles. The molecule has 0 N–H and O–H groups in total. The standard InChI is InChI=1S/C17H26N/c1-2-9-18(10-3-1)12-16-7-4-8-17(16,13-18)15-6-5-14(16)11-15/h5-6,14-15H,1-4,7-13H2/q+1. The number of allylic oxidation sites excluding steroid dienone is 2. The summed E-state index contributed by atoms with van der Waals surface area (Å²) in [5.74, 6) is 1.95. The SMILES string of the molecule is C1=CC2CC1C13CCCC21C[N+]1(CCCCC1)C3. The second-order valence-corrected chi connectivity index (χ2v) is 8.17. The first-order chi connectivity index (χ1) is 8.79. The van der Waals surface area contributed by atoms with E-state index < -0.39 is 0 Å². The minimum absolute atomic E-state index is 0.768. The van der Waals surface area contributed by atoms with Crippen molar-refractivity contribution < 1.29 is 4.48 Å². The minimum Gasteiger partial charge on any atom is -0.323 e. The van der Waals surface area contributed by atoms with E-state index in [0.717, 1.165) is 22.7 Å². The van der Waals surface area contributed by atoms with Crippen molar-refractivity contribution in [3.63, 3.8) is 0 Å². The van der Waals surface area contributed by atoms with Gasteiger partial charge in [0, 0.05) is 10.8 Å². The summed E-state index contributed by atoms with van der Waals surface area (Å²) in [6, 6.07) is 0. The number of rotatable bonds is 0. The largest absolute Gasteiger partial charge is 0.323 e. The number of piperidine rings is 1. The number of hydrogen-bond acceptors (Lipinski definition) is 0. The summed E-state index contributed by atoms with van der Waals surface area (Å²) in [6.07, 6.45) is 16.0. The first-order valence-electron chi connectivity index (χ1n) is 8.32. The van der Waals surface area contributed by atoms with Gasteiger partial charge in [-0.25, -0.2) is 0 Å². The van der Waals surface area contributed by atoms with Crippen LogP contribution >= 0.6 is 0 Å². The van der Waals surface area contributed by atoms with Crippen molar-refractivity contribution in [2.45, 2.75) is 44.9 Å². The van der Waals surface area contributed by atoms with Crippen LogP contribution in [0.5, 0.6) is 0 Å². The van der Waals surface area contributed by atoms with Gasteiger partial charge in [-0.1, -0.05) is 18.6 Å². The van der Waals surface area contributed by atoms with E-state index in [-0.39, 0.29) is 0 Å². The Hall–Kier alpha value is -0.300. The molecular formula is C17H26N+. The molecule has 1 heteroatoms. The van der Waals surface area contributed by atoms with Gasteiger partial charge < -0.3 is 4.48 Å². The van der Waals surface area contributed by atoms with Crippen LogP contribution in [0.1, 0.15) is 44.9 Å². The molecule has 0 aromatic rings. The molecule has 2 saturated heterocycles. The molecule has 3 aliphatic carbocycles. The first-order valence-corrected chi connectivity index (χ1v) is 8.32. The van der Waals surface area contributed by atoms with Crippen LogP contribution in [0, 0.1) is 22.7 Å². The normalized spacial score (nSPS) is 55.1. The third-order valence-electron chi connectivity index (χ3n) is 7.74. The first kappa shape index (κ1) is 10.5. The van der Waals surface area contributed by atoms with E-state index in [9.17, 15) is 0 Å². The van der Waals surface area contributed by atoms with Crippen LogP contribution in [0.4, 0.5) is 0 Å². The lowest BCUT2D eigenvalue weighted by Gasteiger charge is -2.41. The number of quaternary nitrogens is 1. The molecule has 0 amide bonds. The molecule has 4 unspecified atom stereocenters. The monoisotopic (exact) mass is 244 g/mol. The van der Waals surface area contributed by atoms with Crippen molar-refractivity contribution in [2.24, 2.45) is 22.7 Å². The van der Waals surface area contributed by atoms with Crippen LogP contribution in [0.2, 0.25) is 0 Å². The van der Waals surface area contributed by atoms with Crippen molar-refractivity contribution >= 4 is 0 Å². The van der Waals surface area contributed by atoms with Crippen LogP contribution < -0.4 is 0 Å². The summed E-state index contributed by atoms with van der Waals surface area (Å²) in [4.78, 5) is 0. The molecule has 98 valence electrons.